The molecule has 1 aromatic heterocycles. The van der Waals surface area contributed by atoms with E-state index in [1.54, 1.807) is 26.8 Å². The fourth-order valence-corrected chi connectivity index (χ4v) is 2.70. The summed E-state index contributed by atoms with van der Waals surface area (Å²) in [6, 6.07) is 1.55. The Hall–Kier alpha value is -1.70. The van der Waals surface area contributed by atoms with Crippen molar-refractivity contribution in [1.29, 1.82) is 0 Å². The molecule has 9 heteroatoms. The summed E-state index contributed by atoms with van der Waals surface area (Å²) in [7, 11) is 0. The van der Waals surface area contributed by atoms with Crippen molar-refractivity contribution in [2.75, 3.05) is 5.32 Å². The number of anilines is 1. The first-order valence-corrected chi connectivity index (χ1v) is 8.55. The van der Waals surface area contributed by atoms with Gasteiger partial charge >= 0.3 is 6.09 Å². The molecule has 1 aliphatic rings. The van der Waals surface area contributed by atoms with Gasteiger partial charge in [-0.3, -0.25) is 0 Å². The smallest absolute Gasteiger partial charge is 0.407 e. The van der Waals surface area contributed by atoms with Gasteiger partial charge in [-0.05, 0) is 45.2 Å². The van der Waals surface area contributed by atoms with Crippen molar-refractivity contribution in [2.45, 2.75) is 70.6 Å². The maximum atomic E-state index is 13.2. The normalized spacial score (nSPS) is 17.8. The highest BCUT2D eigenvalue weighted by molar-refractivity contribution is 6.28. The van der Waals surface area contributed by atoms with Crippen molar-refractivity contribution in [3.63, 3.8) is 0 Å². The van der Waals surface area contributed by atoms with E-state index < -0.39 is 17.6 Å². The summed E-state index contributed by atoms with van der Waals surface area (Å²) >= 11 is 5.91. The maximum Gasteiger partial charge on any atom is 0.407 e. The van der Waals surface area contributed by atoms with Crippen molar-refractivity contribution in [3.05, 3.63) is 17.0 Å². The number of nitrogens with one attached hydrogen (secondary N) is 2. The maximum absolute atomic E-state index is 13.2. The Balaban J connectivity index is 1.92. The first-order valence-electron chi connectivity index (χ1n) is 8.17. The molecule has 0 spiro atoms. The highest BCUT2D eigenvalue weighted by atomic mass is 35.5. The van der Waals surface area contributed by atoms with Crippen LogP contribution in [0.2, 0.25) is 5.28 Å². The lowest BCUT2D eigenvalue weighted by Gasteiger charge is -2.29. The lowest BCUT2D eigenvalue weighted by atomic mass is 9.92. The topological polar surface area (TPSA) is 76.1 Å². The minimum absolute atomic E-state index is 0.0205. The van der Waals surface area contributed by atoms with Gasteiger partial charge in [-0.2, -0.15) is 0 Å². The van der Waals surface area contributed by atoms with Crippen LogP contribution in [0.15, 0.2) is 6.07 Å². The van der Waals surface area contributed by atoms with Gasteiger partial charge in [0.25, 0.3) is 0 Å². The molecular formula is C16H23ClF2N4O2. The van der Waals surface area contributed by atoms with Crippen LogP contribution in [0.25, 0.3) is 0 Å². The Labute approximate surface area is 150 Å². The molecule has 0 bridgehead atoms. The average molecular weight is 377 g/mol. The van der Waals surface area contributed by atoms with Crippen LogP contribution in [0.1, 0.15) is 52.1 Å². The summed E-state index contributed by atoms with van der Waals surface area (Å²) in [5, 5.41) is 5.72. The molecule has 0 radical (unpaired) electrons. The second kappa shape index (κ2) is 7.68. The molecule has 6 nitrogen and oxygen atoms in total. The van der Waals surface area contributed by atoms with Crippen LogP contribution < -0.4 is 10.6 Å². The van der Waals surface area contributed by atoms with E-state index in [-0.39, 0.29) is 30.7 Å². The summed E-state index contributed by atoms with van der Waals surface area (Å²) in [5.41, 5.74) is -0.0992. The van der Waals surface area contributed by atoms with Crippen molar-refractivity contribution in [3.8, 4) is 0 Å². The number of alkyl carbamates (subject to hydrolysis) is 1. The number of hydrogen-bond acceptors (Lipinski definition) is 5. The second-order valence-corrected chi connectivity index (χ2v) is 7.48. The summed E-state index contributed by atoms with van der Waals surface area (Å²) < 4.78 is 31.6. The third-order valence-corrected chi connectivity index (χ3v) is 3.80. The molecule has 2 N–H and O–H groups in total. The fourth-order valence-electron chi connectivity index (χ4n) is 2.50. The Morgan fingerprint density at radius 1 is 1.36 bits per heavy atom. The number of aromatic nitrogens is 2. The Morgan fingerprint density at radius 2 is 2.00 bits per heavy atom. The van der Waals surface area contributed by atoms with Gasteiger partial charge in [-0.25, -0.2) is 23.5 Å². The first kappa shape index (κ1) is 19.6. The van der Waals surface area contributed by atoms with Gasteiger partial charge in [-0.1, -0.05) is 0 Å². The van der Waals surface area contributed by atoms with Crippen molar-refractivity contribution in [2.24, 2.45) is 0 Å². The summed E-state index contributed by atoms with van der Waals surface area (Å²) in [6.07, 6.45) is -0.126. The zero-order chi connectivity index (χ0) is 18.7. The van der Waals surface area contributed by atoms with Gasteiger partial charge in [0, 0.05) is 24.9 Å². The lowest BCUT2D eigenvalue weighted by Crippen LogP contribution is -2.33. The summed E-state index contributed by atoms with van der Waals surface area (Å²) in [4.78, 5) is 19.8. The summed E-state index contributed by atoms with van der Waals surface area (Å²) in [6.45, 7) is 5.42. The predicted octanol–water partition coefficient (Wildman–Crippen LogP) is 4.14. The minimum Gasteiger partial charge on any atom is -0.444 e. The van der Waals surface area contributed by atoms with E-state index in [0.29, 0.717) is 24.4 Å². The van der Waals surface area contributed by atoms with E-state index in [0.717, 1.165) is 0 Å². The highest BCUT2D eigenvalue weighted by Crippen LogP contribution is 2.34. The van der Waals surface area contributed by atoms with E-state index in [9.17, 15) is 13.6 Å². The molecule has 0 unspecified atom stereocenters. The lowest BCUT2D eigenvalue weighted by molar-refractivity contribution is -0.0361. The van der Waals surface area contributed by atoms with E-state index in [2.05, 4.69) is 20.6 Å². The van der Waals surface area contributed by atoms with Crippen molar-refractivity contribution in [1.82, 2.24) is 15.3 Å². The van der Waals surface area contributed by atoms with Crippen LogP contribution in [-0.2, 0) is 11.3 Å². The molecule has 2 rings (SSSR count). The third kappa shape index (κ3) is 6.97. The van der Waals surface area contributed by atoms with Crippen LogP contribution in [0.3, 0.4) is 0 Å². The van der Waals surface area contributed by atoms with Crippen LogP contribution >= 0.6 is 11.6 Å². The van der Waals surface area contributed by atoms with Crippen LogP contribution in [0, 0.1) is 0 Å². The molecule has 0 atom stereocenters. The van der Waals surface area contributed by atoms with Crippen LogP contribution in [0.5, 0.6) is 0 Å². The molecule has 1 fully saturated rings. The van der Waals surface area contributed by atoms with Gasteiger partial charge in [0.05, 0.1) is 12.2 Å². The molecule has 1 heterocycles. The Morgan fingerprint density at radius 3 is 2.60 bits per heavy atom. The molecule has 0 saturated heterocycles. The number of ether oxygens (including phenoxy) is 1. The van der Waals surface area contributed by atoms with Crippen molar-refractivity contribution < 1.29 is 18.3 Å². The number of nitrogens with zero attached hydrogens (tertiary/aromatic N) is 2. The van der Waals surface area contributed by atoms with Crippen molar-refractivity contribution >= 4 is 23.5 Å². The predicted molar refractivity (Wildman–Crippen MR) is 90.9 cm³/mol. The van der Waals surface area contributed by atoms with Gasteiger partial charge in [0.1, 0.15) is 11.4 Å². The average Bonchev–Trinajstić information content (AvgIpc) is 2.45. The molecule has 1 aromatic rings. The zero-order valence-electron chi connectivity index (χ0n) is 14.5. The molecule has 0 aromatic carbocycles. The van der Waals surface area contributed by atoms with E-state index in [1.165, 1.54) is 0 Å². The number of carbonyl (C=O) groups excluding carboxylic acids is 1. The Kier molecular flexibility index (Phi) is 6.03. The molecular weight excluding hydrogens is 354 g/mol. The summed E-state index contributed by atoms with van der Waals surface area (Å²) in [5.74, 6) is -2.12. The first-order chi connectivity index (χ1) is 11.5. The molecule has 140 valence electrons. The second-order valence-electron chi connectivity index (χ2n) is 7.14. The molecule has 25 heavy (non-hydrogen) atoms. The van der Waals surface area contributed by atoms with Gasteiger partial charge in [0.15, 0.2) is 0 Å². The molecule has 0 aliphatic heterocycles. The zero-order valence-corrected chi connectivity index (χ0v) is 15.3. The molecule has 1 saturated carbocycles. The van der Waals surface area contributed by atoms with Gasteiger partial charge in [-0.15, -0.1) is 0 Å². The van der Waals surface area contributed by atoms with E-state index >= 15 is 0 Å². The third-order valence-electron chi connectivity index (χ3n) is 3.63. The van der Waals surface area contributed by atoms with Gasteiger partial charge in [0.2, 0.25) is 11.2 Å². The monoisotopic (exact) mass is 376 g/mol. The van der Waals surface area contributed by atoms with Gasteiger partial charge < -0.3 is 15.4 Å². The number of rotatable bonds is 4. The quantitative estimate of drug-likeness (QED) is 0.772. The molecule has 1 amide bonds. The number of halogens is 3. The number of amides is 1. The standard InChI is InChI=1S/C16H23ClF2N4O2/c1-15(2,3)25-14(24)20-9-11-8-12(23-13(17)22-11)21-10-4-6-16(18,19)7-5-10/h8,10H,4-7,9H2,1-3H3,(H,20,24)(H,21,22,23). The molecule has 1 aliphatic carbocycles. The van der Waals surface area contributed by atoms with E-state index in [4.69, 9.17) is 16.3 Å². The fraction of sp³-hybridized carbons (Fsp3) is 0.688. The number of alkyl halides is 2. The van der Waals surface area contributed by atoms with Crippen LogP contribution in [0.4, 0.5) is 19.4 Å². The van der Waals surface area contributed by atoms with Crippen LogP contribution in [-0.4, -0.2) is 33.6 Å². The number of carbonyl (C=O) groups is 1. The minimum atomic E-state index is -2.58. The van der Waals surface area contributed by atoms with E-state index in [1.807, 2.05) is 0 Å². The largest absolute Gasteiger partial charge is 0.444 e. The number of hydrogen-bond donors (Lipinski definition) is 2. The highest BCUT2D eigenvalue weighted by Gasteiger charge is 2.34. The Bertz CT molecular complexity index is 613. The SMILES string of the molecule is CC(C)(C)OC(=O)NCc1cc(NC2CCC(F)(F)CC2)nc(Cl)n1.